The molecule has 0 atom stereocenters. The van der Waals surface area contributed by atoms with Crippen molar-refractivity contribution >= 4 is 50.5 Å². The summed E-state index contributed by atoms with van der Waals surface area (Å²) in [5.41, 5.74) is 1.12. The molecule has 2 aromatic carbocycles. The molecule has 3 rings (SSSR count). The molecule has 0 saturated heterocycles. The van der Waals surface area contributed by atoms with Crippen molar-refractivity contribution in [3.8, 4) is 5.75 Å². The van der Waals surface area contributed by atoms with E-state index in [4.69, 9.17) is 16.3 Å². The molecule has 1 aromatic heterocycles. The first-order valence-electron chi connectivity index (χ1n) is 9.95. The van der Waals surface area contributed by atoms with E-state index in [-0.39, 0.29) is 11.8 Å². The maximum absolute atomic E-state index is 12.9. The van der Waals surface area contributed by atoms with Crippen molar-refractivity contribution in [3.63, 3.8) is 0 Å². The summed E-state index contributed by atoms with van der Waals surface area (Å²) in [6.45, 7) is 5.53. The number of hydrogen-bond acceptors (Lipinski definition) is 4. The summed E-state index contributed by atoms with van der Waals surface area (Å²) >= 11 is 7.76. The molecule has 0 fully saturated rings. The molecule has 0 aliphatic carbocycles. The summed E-state index contributed by atoms with van der Waals surface area (Å²) in [5.74, 6) is 0.382. The summed E-state index contributed by atoms with van der Waals surface area (Å²) in [6.07, 6.45) is 1.80. The fraction of sp³-hybridized carbons (Fsp3) is 0.304. The summed E-state index contributed by atoms with van der Waals surface area (Å²) in [6, 6.07) is 12.5. The lowest BCUT2D eigenvalue weighted by Crippen LogP contribution is -2.32. The Hall–Kier alpha value is -2.57. The normalized spacial score (nSPS) is 10.8. The Kier molecular flexibility index (Phi) is 7.34. The molecule has 0 aliphatic heterocycles. The molecule has 7 heteroatoms. The topological polar surface area (TPSA) is 58.6 Å². The van der Waals surface area contributed by atoms with Gasteiger partial charge in [-0.2, -0.15) is 0 Å². The van der Waals surface area contributed by atoms with Gasteiger partial charge in [0.25, 0.3) is 11.8 Å². The van der Waals surface area contributed by atoms with E-state index in [9.17, 15) is 9.59 Å². The van der Waals surface area contributed by atoms with E-state index in [2.05, 4.69) is 19.2 Å². The monoisotopic (exact) mass is 444 g/mol. The molecule has 158 valence electrons. The molecular formula is C23H25ClN2O3S. The minimum atomic E-state index is -0.302. The molecule has 0 saturated carbocycles. The van der Waals surface area contributed by atoms with Crippen molar-refractivity contribution in [2.75, 3.05) is 25.5 Å². The quantitative estimate of drug-likeness (QED) is 0.458. The van der Waals surface area contributed by atoms with E-state index in [1.807, 2.05) is 23.1 Å². The smallest absolute Gasteiger partial charge is 0.267 e. The van der Waals surface area contributed by atoms with Crippen LogP contribution in [0.2, 0.25) is 5.02 Å². The van der Waals surface area contributed by atoms with E-state index < -0.39 is 0 Å². The third kappa shape index (κ3) is 4.77. The second kappa shape index (κ2) is 9.96. The Morgan fingerprint density at radius 2 is 1.83 bits per heavy atom. The molecular weight excluding hydrogens is 420 g/mol. The van der Waals surface area contributed by atoms with Gasteiger partial charge >= 0.3 is 0 Å². The maximum atomic E-state index is 12.9. The Bertz CT molecular complexity index is 1060. The van der Waals surface area contributed by atoms with Gasteiger partial charge in [-0.15, -0.1) is 11.3 Å². The zero-order valence-electron chi connectivity index (χ0n) is 17.3. The highest BCUT2D eigenvalue weighted by molar-refractivity contribution is 7.21. The molecule has 0 radical (unpaired) electrons. The van der Waals surface area contributed by atoms with Crippen LogP contribution in [0.25, 0.3) is 10.1 Å². The van der Waals surface area contributed by atoms with Crippen molar-refractivity contribution in [2.45, 2.75) is 26.7 Å². The zero-order valence-corrected chi connectivity index (χ0v) is 18.9. The number of carbonyl (C=O) groups is 2. The summed E-state index contributed by atoms with van der Waals surface area (Å²) in [5, 5.41) is 4.10. The number of fused-ring (bicyclic) bond motifs is 1. The van der Waals surface area contributed by atoms with Gasteiger partial charge in [-0.25, -0.2) is 0 Å². The molecule has 1 heterocycles. The van der Waals surface area contributed by atoms with Gasteiger partial charge in [0.05, 0.1) is 12.1 Å². The largest absolute Gasteiger partial charge is 0.497 e. The predicted octanol–water partition coefficient (Wildman–Crippen LogP) is 6.08. The number of benzene rings is 2. The van der Waals surface area contributed by atoms with Crippen LogP contribution >= 0.6 is 22.9 Å². The van der Waals surface area contributed by atoms with Gasteiger partial charge in [0.2, 0.25) is 0 Å². The van der Waals surface area contributed by atoms with Crippen LogP contribution < -0.4 is 10.1 Å². The number of ether oxygens (including phenoxy) is 1. The maximum Gasteiger partial charge on any atom is 0.267 e. The number of amides is 2. The van der Waals surface area contributed by atoms with Gasteiger partial charge in [-0.3, -0.25) is 9.59 Å². The average molecular weight is 445 g/mol. The third-order valence-corrected chi connectivity index (χ3v) is 6.34. The Morgan fingerprint density at radius 1 is 1.10 bits per heavy atom. The van der Waals surface area contributed by atoms with Crippen LogP contribution in [0.1, 0.15) is 46.7 Å². The fourth-order valence-corrected chi connectivity index (χ4v) is 4.71. The molecule has 1 N–H and O–H groups in total. The van der Waals surface area contributed by atoms with Crippen LogP contribution in [0.3, 0.4) is 0 Å². The van der Waals surface area contributed by atoms with Crippen molar-refractivity contribution in [1.29, 1.82) is 0 Å². The first kappa shape index (κ1) is 22.1. The number of halogens is 1. The second-order valence-corrected chi connectivity index (χ2v) is 8.36. The minimum Gasteiger partial charge on any atom is -0.497 e. The van der Waals surface area contributed by atoms with E-state index in [0.717, 1.165) is 22.9 Å². The van der Waals surface area contributed by atoms with Crippen molar-refractivity contribution < 1.29 is 14.3 Å². The van der Waals surface area contributed by atoms with Gasteiger partial charge < -0.3 is 15.0 Å². The highest BCUT2D eigenvalue weighted by Gasteiger charge is 2.19. The van der Waals surface area contributed by atoms with E-state index in [0.29, 0.717) is 40.0 Å². The molecule has 0 unspecified atom stereocenters. The lowest BCUT2D eigenvalue weighted by Gasteiger charge is -2.21. The molecule has 0 spiro atoms. The van der Waals surface area contributed by atoms with Crippen LogP contribution in [0.4, 0.5) is 5.69 Å². The highest BCUT2D eigenvalue weighted by atomic mass is 35.5. The average Bonchev–Trinajstić information content (AvgIpc) is 3.09. The Balaban J connectivity index is 1.82. The van der Waals surface area contributed by atoms with Crippen LogP contribution in [0.5, 0.6) is 5.75 Å². The zero-order chi connectivity index (χ0) is 21.7. The molecule has 30 heavy (non-hydrogen) atoms. The molecule has 0 aliphatic rings. The van der Waals surface area contributed by atoms with Crippen LogP contribution in [-0.2, 0) is 0 Å². The lowest BCUT2D eigenvalue weighted by atomic mass is 10.1. The number of carbonyl (C=O) groups excluding carboxylic acids is 2. The Labute approximate surface area is 185 Å². The van der Waals surface area contributed by atoms with Gasteiger partial charge in [-0.05, 0) is 49.2 Å². The number of methoxy groups -OCH3 is 1. The van der Waals surface area contributed by atoms with E-state index >= 15 is 0 Å². The third-order valence-electron chi connectivity index (χ3n) is 4.68. The van der Waals surface area contributed by atoms with Crippen LogP contribution in [0, 0.1) is 0 Å². The summed E-state index contributed by atoms with van der Waals surface area (Å²) in [7, 11) is 1.60. The van der Waals surface area contributed by atoms with Crippen molar-refractivity contribution in [2.24, 2.45) is 0 Å². The highest BCUT2D eigenvalue weighted by Crippen LogP contribution is 2.37. The molecule has 2 amide bonds. The predicted molar refractivity (Wildman–Crippen MR) is 124 cm³/mol. The molecule has 3 aromatic rings. The fourth-order valence-electron chi connectivity index (χ4n) is 3.27. The number of hydrogen-bond donors (Lipinski definition) is 1. The SMILES string of the molecule is CCCN(CCC)C(=O)c1cccc(NC(=O)c2sc3cc(OC)ccc3c2Cl)c1. The van der Waals surface area contributed by atoms with Crippen molar-refractivity contribution in [1.82, 2.24) is 4.90 Å². The van der Waals surface area contributed by atoms with E-state index in [1.165, 1.54) is 11.3 Å². The number of thiophene rings is 1. The molecule has 0 bridgehead atoms. The first-order valence-corrected chi connectivity index (χ1v) is 11.1. The Morgan fingerprint density at radius 3 is 2.50 bits per heavy atom. The minimum absolute atomic E-state index is 0.0261. The molecule has 5 nitrogen and oxygen atoms in total. The number of rotatable bonds is 8. The van der Waals surface area contributed by atoms with Crippen molar-refractivity contribution in [3.05, 3.63) is 57.9 Å². The van der Waals surface area contributed by atoms with Gasteiger partial charge in [0.1, 0.15) is 10.6 Å². The summed E-state index contributed by atoms with van der Waals surface area (Å²) in [4.78, 5) is 28.0. The lowest BCUT2D eigenvalue weighted by molar-refractivity contribution is 0.0755. The van der Waals surface area contributed by atoms with Gasteiger partial charge in [-0.1, -0.05) is 31.5 Å². The van der Waals surface area contributed by atoms with Crippen LogP contribution in [0.15, 0.2) is 42.5 Å². The first-order chi connectivity index (χ1) is 14.5. The van der Waals surface area contributed by atoms with E-state index in [1.54, 1.807) is 31.4 Å². The number of anilines is 1. The number of nitrogens with zero attached hydrogens (tertiary/aromatic N) is 1. The summed E-state index contributed by atoms with van der Waals surface area (Å²) < 4.78 is 6.12. The van der Waals surface area contributed by atoms with Gasteiger partial charge in [0, 0.05) is 34.4 Å². The van der Waals surface area contributed by atoms with Gasteiger partial charge in [0.15, 0.2) is 0 Å². The second-order valence-electron chi connectivity index (χ2n) is 6.93. The van der Waals surface area contributed by atoms with Crippen LogP contribution in [-0.4, -0.2) is 36.9 Å². The number of nitrogens with one attached hydrogen (secondary N) is 1. The standard InChI is InChI=1S/C23H25ClN2O3S/c1-4-11-26(12-5-2)23(28)15-7-6-8-16(13-15)25-22(27)21-20(24)18-10-9-17(29-3)14-19(18)30-21/h6-10,13-14H,4-5,11-12H2,1-3H3,(H,25,27).